The molecule has 0 heterocycles. The fraction of sp³-hybridized carbons (Fsp3) is 0.875. The molecule has 0 bridgehead atoms. The fourth-order valence-electron chi connectivity index (χ4n) is 0.967. The molecule has 0 aromatic carbocycles. The summed E-state index contributed by atoms with van der Waals surface area (Å²) in [5.74, 6) is -0.945. The van der Waals surface area contributed by atoms with Crippen molar-refractivity contribution in [2.75, 3.05) is 39.3 Å². The molecule has 0 aliphatic rings. The van der Waals surface area contributed by atoms with Crippen LogP contribution in [-0.4, -0.2) is 63.9 Å². The second-order valence-electron chi connectivity index (χ2n) is 3.40. The predicted octanol–water partition coefficient (Wildman–Crippen LogP) is -0.257. The maximum Gasteiger partial charge on any atom is 0.237 e. The van der Waals surface area contributed by atoms with Crippen molar-refractivity contribution >= 4 is 27.3 Å². The van der Waals surface area contributed by atoms with E-state index >= 15 is 0 Å². The van der Waals surface area contributed by atoms with Gasteiger partial charge in [0.15, 0.2) is 9.84 Å². The highest BCUT2D eigenvalue weighted by Gasteiger charge is 2.17. The van der Waals surface area contributed by atoms with Gasteiger partial charge in [-0.25, -0.2) is 8.42 Å². The third-order valence-corrected chi connectivity index (χ3v) is 2.67. The number of carbonyl (C=O) groups is 1. The summed E-state index contributed by atoms with van der Waals surface area (Å²) < 4.78 is 26.5. The number of sulfone groups is 1. The lowest BCUT2D eigenvalue weighted by molar-refractivity contribution is -0.127. The average Bonchev–Trinajstić information content (AvgIpc) is 2.00. The Morgan fingerprint density at radius 1 is 1.53 bits per heavy atom. The Bertz CT molecular complexity index is 304. The molecule has 1 atom stereocenters. The van der Waals surface area contributed by atoms with Gasteiger partial charge in [-0.2, -0.15) is 0 Å². The quantitative estimate of drug-likeness (QED) is 0.616. The molecule has 0 N–H and O–H groups in total. The van der Waals surface area contributed by atoms with Crippen LogP contribution in [0.3, 0.4) is 0 Å². The molecule has 90 valence electrons. The number of hydrogen-bond donors (Lipinski definition) is 0. The van der Waals surface area contributed by atoms with E-state index in [9.17, 15) is 13.2 Å². The van der Waals surface area contributed by atoms with Crippen molar-refractivity contribution in [3.05, 3.63) is 0 Å². The smallest absolute Gasteiger partial charge is 0.237 e. The molecular formula is C8H16ClNO4S. The second kappa shape index (κ2) is 6.30. The molecular weight excluding hydrogens is 242 g/mol. The van der Waals surface area contributed by atoms with Crippen molar-refractivity contribution in [1.82, 2.24) is 4.90 Å². The van der Waals surface area contributed by atoms with E-state index in [-0.39, 0.29) is 11.9 Å². The molecule has 0 fully saturated rings. The highest BCUT2D eigenvalue weighted by atomic mass is 35.5. The van der Waals surface area contributed by atoms with Gasteiger partial charge in [0, 0.05) is 27.0 Å². The lowest BCUT2D eigenvalue weighted by atomic mass is 10.4. The van der Waals surface area contributed by atoms with E-state index in [2.05, 4.69) is 0 Å². The first-order chi connectivity index (χ1) is 6.76. The van der Waals surface area contributed by atoms with E-state index < -0.39 is 21.5 Å². The number of hydrogen-bond acceptors (Lipinski definition) is 4. The van der Waals surface area contributed by atoms with Gasteiger partial charge in [0.1, 0.15) is 5.75 Å². The Kier molecular flexibility index (Phi) is 6.16. The summed E-state index contributed by atoms with van der Waals surface area (Å²) in [4.78, 5) is 12.6. The van der Waals surface area contributed by atoms with Gasteiger partial charge in [0.05, 0.1) is 12.0 Å². The average molecular weight is 258 g/mol. The Hall–Kier alpha value is -0.330. The Morgan fingerprint density at radius 2 is 2.07 bits per heavy atom. The van der Waals surface area contributed by atoms with Crippen LogP contribution in [0.5, 0.6) is 0 Å². The maximum absolute atomic E-state index is 11.3. The molecule has 7 heteroatoms. The SMILES string of the molecule is COCC(Cl)CN(C)C(=O)CS(C)(=O)=O. The van der Waals surface area contributed by atoms with Crippen LogP contribution in [0.25, 0.3) is 0 Å². The minimum Gasteiger partial charge on any atom is -0.383 e. The molecule has 0 radical (unpaired) electrons. The fourth-order valence-corrected chi connectivity index (χ4v) is 1.97. The first-order valence-electron chi connectivity index (χ1n) is 4.31. The van der Waals surface area contributed by atoms with Crippen molar-refractivity contribution in [1.29, 1.82) is 0 Å². The van der Waals surface area contributed by atoms with Crippen LogP contribution < -0.4 is 0 Å². The number of nitrogens with zero attached hydrogens (tertiary/aromatic N) is 1. The number of amides is 1. The van der Waals surface area contributed by atoms with Crippen LogP contribution >= 0.6 is 11.6 Å². The van der Waals surface area contributed by atoms with E-state index in [0.29, 0.717) is 6.61 Å². The largest absolute Gasteiger partial charge is 0.383 e. The van der Waals surface area contributed by atoms with Gasteiger partial charge in [-0.3, -0.25) is 4.79 Å². The maximum atomic E-state index is 11.3. The number of carbonyl (C=O) groups excluding carboxylic acids is 1. The van der Waals surface area contributed by atoms with Crippen LogP contribution in [0, 0.1) is 0 Å². The summed E-state index contributed by atoms with van der Waals surface area (Å²) in [7, 11) is -0.262. The number of methoxy groups -OCH3 is 1. The van der Waals surface area contributed by atoms with E-state index in [1.54, 1.807) is 0 Å². The number of halogens is 1. The molecule has 0 aliphatic heterocycles. The molecule has 5 nitrogen and oxygen atoms in total. The summed E-state index contributed by atoms with van der Waals surface area (Å²) in [5.41, 5.74) is 0. The molecule has 15 heavy (non-hydrogen) atoms. The van der Waals surface area contributed by atoms with Gasteiger partial charge in [0.2, 0.25) is 5.91 Å². The van der Waals surface area contributed by atoms with Crippen molar-refractivity contribution in [3.63, 3.8) is 0 Å². The van der Waals surface area contributed by atoms with Crippen molar-refractivity contribution in [2.24, 2.45) is 0 Å². The Labute approximate surface area is 95.3 Å². The van der Waals surface area contributed by atoms with Gasteiger partial charge in [-0.1, -0.05) is 0 Å². The van der Waals surface area contributed by atoms with Crippen LogP contribution in [0.15, 0.2) is 0 Å². The second-order valence-corrected chi connectivity index (χ2v) is 6.15. The van der Waals surface area contributed by atoms with Crippen molar-refractivity contribution < 1.29 is 17.9 Å². The summed E-state index contributed by atoms with van der Waals surface area (Å²) in [6, 6.07) is 0. The zero-order valence-corrected chi connectivity index (χ0v) is 10.6. The third-order valence-electron chi connectivity index (χ3n) is 1.63. The third kappa shape index (κ3) is 7.58. The van der Waals surface area contributed by atoms with E-state index in [1.807, 2.05) is 0 Å². The number of alkyl halides is 1. The van der Waals surface area contributed by atoms with Gasteiger partial charge in [-0.05, 0) is 0 Å². The molecule has 0 rings (SSSR count). The minimum atomic E-state index is -3.28. The van der Waals surface area contributed by atoms with E-state index in [1.165, 1.54) is 19.1 Å². The normalized spacial score (nSPS) is 13.6. The molecule has 0 saturated heterocycles. The van der Waals surface area contributed by atoms with Crippen LogP contribution in [0.1, 0.15) is 0 Å². The van der Waals surface area contributed by atoms with Gasteiger partial charge < -0.3 is 9.64 Å². The summed E-state index contributed by atoms with van der Waals surface area (Å²) >= 11 is 5.82. The van der Waals surface area contributed by atoms with Crippen LogP contribution in [0.2, 0.25) is 0 Å². The first kappa shape index (κ1) is 14.7. The first-order valence-corrected chi connectivity index (χ1v) is 6.80. The summed E-state index contributed by atoms with van der Waals surface area (Å²) in [6.07, 6.45) is 1.02. The molecule has 0 aromatic heterocycles. The van der Waals surface area contributed by atoms with E-state index in [0.717, 1.165) is 6.26 Å². The zero-order chi connectivity index (χ0) is 12.1. The standard InChI is InChI=1S/C8H16ClNO4S/c1-10(4-7(9)5-14-2)8(11)6-15(3,12)13/h7H,4-6H2,1-3H3. The lowest BCUT2D eigenvalue weighted by Crippen LogP contribution is -2.37. The zero-order valence-electron chi connectivity index (χ0n) is 9.07. The number of rotatable bonds is 6. The van der Waals surface area contributed by atoms with Gasteiger partial charge >= 0.3 is 0 Å². The topological polar surface area (TPSA) is 63.7 Å². The van der Waals surface area contributed by atoms with E-state index in [4.69, 9.17) is 16.3 Å². The Balaban J connectivity index is 4.10. The molecule has 0 saturated carbocycles. The van der Waals surface area contributed by atoms with Gasteiger partial charge in [-0.15, -0.1) is 11.6 Å². The summed E-state index contributed by atoms with van der Waals surface area (Å²) in [5, 5.41) is -0.330. The molecule has 0 spiro atoms. The molecule has 1 amide bonds. The van der Waals surface area contributed by atoms with Crippen LogP contribution in [0.4, 0.5) is 0 Å². The highest BCUT2D eigenvalue weighted by molar-refractivity contribution is 7.91. The summed E-state index contributed by atoms with van der Waals surface area (Å²) in [6.45, 7) is 0.585. The minimum absolute atomic E-state index is 0.268. The number of ether oxygens (including phenoxy) is 1. The monoisotopic (exact) mass is 257 g/mol. The molecule has 0 aliphatic carbocycles. The Morgan fingerprint density at radius 3 is 2.47 bits per heavy atom. The van der Waals surface area contributed by atoms with Crippen LogP contribution in [-0.2, 0) is 19.4 Å². The molecule has 1 unspecified atom stereocenters. The van der Waals surface area contributed by atoms with Gasteiger partial charge in [0.25, 0.3) is 0 Å². The molecule has 0 aromatic rings. The highest BCUT2D eigenvalue weighted by Crippen LogP contribution is 2.00. The lowest BCUT2D eigenvalue weighted by Gasteiger charge is -2.19. The predicted molar refractivity (Wildman–Crippen MR) is 58.9 cm³/mol. The van der Waals surface area contributed by atoms with Crippen molar-refractivity contribution in [3.8, 4) is 0 Å². The van der Waals surface area contributed by atoms with Crippen molar-refractivity contribution in [2.45, 2.75) is 5.38 Å².